The van der Waals surface area contributed by atoms with Gasteiger partial charge in [-0.2, -0.15) is 0 Å². The second-order valence-electron chi connectivity index (χ2n) is 6.04. The first kappa shape index (κ1) is 12.9. The van der Waals surface area contributed by atoms with Gasteiger partial charge < -0.3 is 15.2 Å². The van der Waals surface area contributed by atoms with E-state index in [0.717, 1.165) is 25.1 Å². The van der Waals surface area contributed by atoms with Crippen LogP contribution in [0.3, 0.4) is 0 Å². The van der Waals surface area contributed by atoms with Gasteiger partial charge >= 0.3 is 0 Å². The molecule has 0 spiro atoms. The molecule has 2 N–H and O–H groups in total. The van der Waals surface area contributed by atoms with E-state index >= 15 is 0 Å². The number of rotatable bonds is 5. The van der Waals surface area contributed by atoms with Crippen LogP contribution in [0.1, 0.15) is 37.2 Å². The monoisotopic (exact) mass is 261 g/mol. The highest BCUT2D eigenvalue weighted by atomic mass is 16.5. The third-order valence-electron chi connectivity index (χ3n) is 4.61. The SMILES string of the molecule is COc1cccc(C2CC(NCC3CC(O)C3)C2)c1. The fraction of sp³-hybridized carbons (Fsp3) is 0.625. The largest absolute Gasteiger partial charge is 0.497 e. The molecule has 2 aliphatic rings. The van der Waals surface area contributed by atoms with Gasteiger partial charge in [-0.25, -0.2) is 0 Å². The number of nitrogens with one attached hydrogen (secondary N) is 1. The molecule has 0 saturated heterocycles. The van der Waals surface area contributed by atoms with Crippen LogP contribution in [0.15, 0.2) is 24.3 Å². The van der Waals surface area contributed by atoms with Crippen LogP contribution in [0.2, 0.25) is 0 Å². The Kier molecular flexibility index (Phi) is 3.76. The Balaban J connectivity index is 1.42. The van der Waals surface area contributed by atoms with Crippen molar-refractivity contribution >= 4 is 0 Å². The smallest absolute Gasteiger partial charge is 0.119 e. The molecule has 104 valence electrons. The Morgan fingerprint density at radius 1 is 1.26 bits per heavy atom. The number of aliphatic hydroxyl groups excluding tert-OH is 1. The molecule has 0 unspecified atom stereocenters. The molecule has 0 aromatic heterocycles. The maximum atomic E-state index is 9.26. The van der Waals surface area contributed by atoms with Gasteiger partial charge in [-0.05, 0) is 61.8 Å². The fourth-order valence-electron chi connectivity index (χ4n) is 3.15. The van der Waals surface area contributed by atoms with Crippen molar-refractivity contribution in [2.24, 2.45) is 5.92 Å². The number of ether oxygens (including phenoxy) is 1. The van der Waals surface area contributed by atoms with Gasteiger partial charge in [0.25, 0.3) is 0 Å². The van der Waals surface area contributed by atoms with Crippen LogP contribution >= 0.6 is 0 Å². The molecule has 19 heavy (non-hydrogen) atoms. The summed E-state index contributed by atoms with van der Waals surface area (Å²) in [5.74, 6) is 2.34. The Bertz CT molecular complexity index is 423. The van der Waals surface area contributed by atoms with E-state index in [9.17, 15) is 5.11 Å². The fourth-order valence-corrected chi connectivity index (χ4v) is 3.15. The van der Waals surface area contributed by atoms with Crippen molar-refractivity contribution in [2.45, 2.75) is 43.7 Å². The topological polar surface area (TPSA) is 41.5 Å². The van der Waals surface area contributed by atoms with Gasteiger partial charge in [-0.1, -0.05) is 12.1 Å². The van der Waals surface area contributed by atoms with Crippen molar-refractivity contribution in [1.29, 1.82) is 0 Å². The van der Waals surface area contributed by atoms with E-state index in [-0.39, 0.29) is 6.10 Å². The molecule has 0 bridgehead atoms. The Labute approximate surface area is 115 Å². The highest BCUT2D eigenvalue weighted by Crippen LogP contribution is 2.38. The Hall–Kier alpha value is -1.06. The Morgan fingerprint density at radius 3 is 2.74 bits per heavy atom. The van der Waals surface area contributed by atoms with Crippen LogP contribution in [0.25, 0.3) is 0 Å². The summed E-state index contributed by atoms with van der Waals surface area (Å²) in [6, 6.07) is 9.09. The van der Waals surface area contributed by atoms with Crippen molar-refractivity contribution in [3.8, 4) is 5.75 Å². The molecule has 0 amide bonds. The zero-order chi connectivity index (χ0) is 13.2. The van der Waals surface area contributed by atoms with Crippen molar-refractivity contribution in [1.82, 2.24) is 5.32 Å². The van der Waals surface area contributed by atoms with Gasteiger partial charge in [0.15, 0.2) is 0 Å². The van der Waals surface area contributed by atoms with Crippen molar-refractivity contribution in [3.63, 3.8) is 0 Å². The molecule has 0 aliphatic heterocycles. The molecule has 1 aromatic carbocycles. The summed E-state index contributed by atoms with van der Waals surface area (Å²) in [5.41, 5.74) is 1.40. The van der Waals surface area contributed by atoms with Crippen LogP contribution in [0.5, 0.6) is 5.75 Å². The number of aliphatic hydroxyl groups is 1. The summed E-state index contributed by atoms with van der Waals surface area (Å²) in [6.07, 6.45) is 4.39. The van der Waals surface area contributed by atoms with E-state index in [1.807, 2.05) is 6.07 Å². The molecule has 0 atom stereocenters. The third kappa shape index (κ3) is 2.93. The van der Waals surface area contributed by atoms with Gasteiger partial charge in [-0.15, -0.1) is 0 Å². The van der Waals surface area contributed by atoms with Crippen molar-refractivity contribution in [2.75, 3.05) is 13.7 Å². The van der Waals surface area contributed by atoms with Crippen molar-refractivity contribution in [3.05, 3.63) is 29.8 Å². The third-order valence-corrected chi connectivity index (χ3v) is 4.61. The standard InChI is InChI=1S/C16H23NO2/c1-19-16-4-2-3-12(9-16)13-7-14(8-13)17-10-11-5-15(18)6-11/h2-4,9,11,13-15,17-18H,5-8,10H2,1H3. The summed E-state index contributed by atoms with van der Waals surface area (Å²) in [4.78, 5) is 0. The molecule has 1 aromatic rings. The molecule has 3 heteroatoms. The lowest BCUT2D eigenvalue weighted by Gasteiger charge is -2.39. The summed E-state index contributed by atoms with van der Waals surface area (Å²) in [5, 5.41) is 12.9. The van der Waals surface area contributed by atoms with Gasteiger partial charge in [0.2, 0.25) is 0 Å². The van der Waals surface area contributed by atoms with Gasteiger partial charge in [0, 0.05) is 6.04 Å². The zero-order valence-electron chi connectivity index (χ0n) is 11.5. The van der Waals surface area contributed by atoms with Crippen LogP contribution in [0, 0.1) is 5.92 Å². The molecule has 3 nitrogen and oxygen atoms in total. The van der Waals surface area contributed by atoms with Gasteiger partial charge in [0.05, 0.1) is 13.2 Å². The van der Waals surface area contributed by atoms with E-state index in [0.29, 0.717) is 17.9 Å². The van der Waals surface area contributed by atoms with Crippen LogP contribution < -0.4 is 10.1 Å². The van der Waals surface area contributed by atoms with E-state index < -0.39 is 0 Å². The highest BCUT2D eigenvalue weighted by molar-refractivity contribution is 5.32. The summed E-state index contributed by atoms with van der Waals surface area (Å²) in [7, 11) is 1.72. The predicted molar refractivity (Wildman–Crippen MR) is 75.5 cm³/mol. The molecular weight excluding hydrogens is 238 g/mol. The average Bonchev–Trinajstić information content (AvgIpc) is 2.34. The number of methoxy groups -OCH3 is 1. The molecule has 2 saturated carbocycles. The van der Waals surface area contributed by atoms with Crippen LogP contribution in [-0.2, 0) is 0 Å². The second kappa shape index (κ2) is 5.51. The first-order chi connectivity index (χ1) is 9.24. The minimum atomic E-state index is -0.0299. The highest BCUT2D eigenvalue weighted by Gasteiger charge is 2.32. The lowest BCUT2D eigenvalue weighted by atomic mass is 9.75. The molecule has 2 aliphatic carbocycles. The van der Waals surface area contributed by atoms with E-state index in [1.165, 1.54) is 18.4 Å². The molecule has 3 rings (SSSR count). The first-order valence-corrected chi connectivity index (χ1v) is 7.30. The maximum absolute atomic E-state index is 9.26. The first-order valence-electron chi connectivity index (χ1n) is 7.30. The summed E-state index contributed by atoms with van der Waals surface area (Å²) < 4.78 is 5.27. The summed E-state index contributed by atoms with van der Waals surface area (Å²) >= 11 is 0. The average molecular weight is 261 g/mol. The van der Waals surface area contributed by atoms with Crippen LogP contribution in [-0.4, -0.2) is 30.9 Å². The lowest BCUT2D eigenvalue weighted by Crippen LogP contribution is -2.45. The van der Waals surface area contributed by atoms with Gasteiger partial charge in [-0.3, -0.25) is 0 Å². The number of hydrogen-bond acceptors (Lipinski definition) is 3. The van der Waals surface area contributed by atoms with Gasteiger partial charge in [0.1, 0.15) is 5.75 Å². The normalized spacial score (nSPS) is 33.4. The lowest BCUT2D eigenvalue weighted by molar-refractivity contribution is 0.0400. The minimum absolute atomic E-state index is 0.0299. The number of hydrogen-bond donors (Lipinski definition) is 2. The van der Waals surface area contributed by atoms with Crippen molar-refractivity contribution < 1.29 is 9.84 Å². The quantitative estimate of drug-likeness (QED) is 0.854. The predicted octanol–water partition coefficient (Wildman–Crippen LogP) is 2.30. The van der Waals surface area contributed by atoms with E-state index in [4.69, 9.17) is 4.74 Å². The number of benzene rings is 1. The van der Waals surface area contributed by atoms with E-state index in [2.05, 4.69) is 23.5 Å². The van der Waals surface area contributed by atoms with E-state index in [1.54, 1.807) is 7.11 Å². The summed E-state index contributed by atoms with van der Waals surface area (Å²) in [6.45, 7) is 1.08. The van der Waals surface area contributed by atoms with Crippen LogP contribution in [0.4, 0.5) is 0 Å². The molecule has 0 heterocycles. The Morgan fingerprint density at radius 2 is 2.05 bits per heavy atom. The molecule has 0 radical (unpaired) electrons. The maximum Gasteiger partial charge on any atom is 0.119 e. The molecule has 2 fully saturated rings. The minimum Gasteiger partial charge on any atom is -0.497 e. The second-order valence-corrected chi connectivity index (χ2v) is 6.04. The molecular formula is C16H23NO2. The zero-order valence-corrected chi connectivity index (χ0v) is 11.5.